The smallest absolute Gasteiger partial charge is 0.316 e. The van der Waals surface area contributed by atoms with Crippen molar-refractivity contribution in [2.24, 2.45) is 5.73 Å². The molecule has 2 rings (SSSR count). The maximum Gasteiger partial charge on any atom is 0.316 e. The zero-order chi connectivity index (χ0) is 16.1. The Labute approximate surface area is 137 Å². The summed E-state index contributed by atoms with van der Waals surface area (Å²) in [7, 11) is 0. The molecule has 1 heterocycles. The number of nitrogens with two attached hydrogens (primary N) is 1. The Morgan fingerprint density at radius 3 is 2.68 bits per heavy atom. The molecule has 5 nitrogen and oxygen atoms in total. The van der Waals surface area contributed by atoms with Gasteiger partial charge in [-0.1, -0.05) is 47.6 Å². The Bertz CT molecular complexity index is 722. The van der Waals surface area contributed by atoms with Gasteiger partial charge < -0.3 is 11.1 Å². The number of urea groups is 1. The molecule has 0 fully saturated rings. The second-order valence-electron chi connectivity index (χ2n) is 4.50. The predicted molar refractivity (Wildman–Crippen MR) is 88.7 cm³/mol. The summed E-state index contributed by atoms with van der Waals surface area (Å²) < 4.78 is 0. The van der Waals surface area contributed by atoms with Crippen LogP contribution in [0.15, 0.2) is 41.4 Å². The number of thioether (sulfide) groups is 1. The van der Waals surface area contributed by atoms with E-state index < -0.39 is 6.03 Å². The van der Waals surface area contributed by atoms with Crippen LogP contribution in [0.25, 0.3) is 0 Å². The molecule has 0 unspecified atom stereocenters. The number of Topliss-reactive ketones (excluding diaryl/α,β-unsaturated/α-hetero) is 1. The van der Waals surface area contributed by atoms with Crippen LogP contribution < -0.4 is 11.1 Å². The number of nitrogens with one attached hydrogen (secondary N) is 1. The lowest BCUT2D eigenvalue weighted by atomic mass is 10.1. The molecule has 0 saturated carbocycles. The van der Waals surface area contributed by atoms with E-state index in [0.29, 0.717) is 16.3 Å². The van der Waals surface area contributed by atoms with E-state index in [4.69, 9.17) is 17.3 Å². The van der Waals surface area contributed by atoms with Gasteiger partial charge in [0, 0.05) is 5.56 Å². The first-order valence-corrected chi connectivity index (χ1v) is 7.78. The predicted octanol–water partition coefficient (Wildman–Crippen LogP) is 3.51. The van der Waals surface area contributed by atoms with E-state index in [1.54, 1.807) is 18.2 Å². The number of aryl methyl sites for hydroxylation is 1. The van der Waals surface area contributed by atoms with Crippen LogP contribution in [-0.2, 0) is 0 Å². The van der Waals surface area contributed by atoms with Gasteiger partial charge in [0.15, 0.2) is 5.78 Å². The Balaban J connectivity index is 2.14. The van der Waals surface area contributed by atoms with E-state index in [-0.39, 0.29) is 16.7 Å². The maximum atomic E-state index is 12.3. The van der Waals surface area contributed by atoms with E-state index in [1.807, 2.05) is 25.1 Å². The summed E-state index contributed by atoms with van der Waals surface area (Å²) in [5.74, 6) is 0.168. The van der Waals surface area contributed by atoms with Crippen LogP contribution in [0.3, 0.4) is 0 Å². The van der Waals surface area contributed by atoms with E-state index in [2.05, 4.69) is 10.3 Å². The number of hydrogen-bond acceptors (Lipinski definition) is 4. The number of anilines is 1. The number of pyridine rings is 1. The SMILES string of the molecule is Cc1ccccc1C(=O)CSc1nc(Cl)ccc1NC(N)=O. The van der Waals surface area contributed by atoms with Gasteiger partial charge in [-0.2, -0.15) is 0 Å². The van der Waals surface area contributed by atoms with Gasteiger partial charge in [0.05, 0.1) is 11.4 Å². The second kappa shape index (κ2) is 7.29. The normalized spacial score (nSPS) is 10.3. The third-order valence-corrected chi connectivity index (χ3v) is 4.07. The van der Waals surface area contributed by atoms with Crippen molar-refractivity contribution in [1.29, 1.82) is 0 Å². The lowest BCUT2D eigenvalue weighted by molar-refractivity contribution is 0.102. The molecule has 3 N–H and O–H groups in total. The fourth-order valence-electron chi connectivity index (χ4n) is 1.85. The second-order valence-corrected chi connectivity index (χ2v) is 5.85. The highest BCUT2D eigenvalue weighted by Gasteiger charge is 2.13. The van der Waals surface area contributed by atoms with Gasteiger partial charge in [0.1, 0.15) is 10.2 Å². The van der Waals surface area contributed by atoms with Crippen molar-refractivity contribution in [2.75, 3.05) is 11.1 Å². The first-order valence-electron chi connectivity index (χ1n) is 6.42. The number of carbonyl (C=O) groups excluding carboxylic acids is 2. The molecule has 0 bridgehead atoms. The van der Waals surface area contributed by atoms with Gasteiger partial charge in [-0.05, 0) is 24.6 Å². The number of amides is 2. The van der Waals surface area contributed by atoms with Crippen molar-refractivity contribution >= 4 is 40.9 Å². The van der Waals surface area contributed by atoms with Gasteiger partial charge >= 0.3 is 6.03 Å². The largest absolute Gasteiger partial charge is 0.351 e. The summed E-state index contributed by atoms with van der Waals surface area (Å²) in [6.07, 6.45) is 0. The average molecular weight is 336 g/mol. The molecule has 7 heteroatoms. The van der Waals surface area contributed by atoms with Crippen LogP contribution in [0.2, 0.25) is 5.15 Å². The van der Waals surface area contributed by atoms with Crippen molar-refractivity contribution in [3.8, 4) is 0 Å². The Kier molecular flexibility index (Phi) is 5.41. The van der Waals surface area contributed by atoms with Gasteiger partial charge in [-0.3, -0.25) is 4.79 Å². The summed E-state index contributed by atoms with van der Waals surface area (Å²) in [6.45, 7) is 1.88. The number of aromatic nitrogens is 1. The number of hydrogen-bond donors (Lipinski definition) is 2. The van der Waals surface area contributed by atoms with Crippen LogP contribution >= 0.6 is 23.4 Å². The van der Waals surface area contributed by atoms with Gasteiger partial charge in [-0.15, -0.1) is 0 Å². The van der Waals surface area contributed by atoms with Gasteiger partial charge in [-0.25, -0.2) is 9.78 Å². The van der Waals surface area contributed by atoms with Crippen molar-refractivity contribution in [1.82, 2.24) is 4.98 Å². The molecule has 22 heavy (non-hydrogen) atoms. The van der Waals surface area contributed by atoms with Crippen molar-refractivity contribution in [3.05, 3.63) is 52.7 Å². The third-order valence-electron chi connectivity index (χ3n) is 2.87. The zero-order valence-electron chi connectivity index (χ0n) is 11.8. The molecule has 1 aromatic carbocycles. The molecule has 0 atom stereocenters. The van der Waals surface area contributed by atoms with E-state index in [9.17, 15) is 9.59 Å². The Morgan fingerprint density at radius 1 is 1.27 bits per heavy atom. The molecule has 114 valence electrons. The van der Waals surface area contributed by atoms with Crippen LogP contribution in [0.5, 0.6) is 0 Å². The number of halogens is 1. The van der Waals surface area contributed by atoms with E-state index >= 15 is 0 Å². The van der Waals surface area contributed by atoms with Gasteiger partial charge in [0.2, 0.25) is 0 Å². The first kappa shape index (κ1) is 16.3. The van der Waals surface area contributed by atoms with Crippen LogP contribution in [0.1, 0.15) is 15.9 Å². The van der Waals surface area contributed by atoms with Gasteiger partial charge in [0.25, 0.3) is 0 Å². The van der Waals surface area contributed by atoms with Crippen molar-refractivity contribution < 1.29 is 9.59 Å². The number of carbonyl (C=O) groups is 2. The van der Waals surface area contributed by atoms with Crippen LogP contribution in [0.4, 0.5) is 10.5 Å². The molecule has 0 saturated heterocycles. The lowest BCUT2D eigenvalue weighted by Gasteiger charge is -2.09. The molecule has 1 aromatic heterocycles. The fraction of sp³-hybridized carbons (Fsp3) is 0.133. The Hall–Kier alpha value is -2.05. The summed E-state index contributed by atoms with van der Waals surface area (Å²) >= 11 is 7.06. The summed E-state index contributed by atoms with van der Waals surface area (Å²) in [4.78, 5) is 27.4. The highest BCUT2D eigenvalue weighted by molar-refractivity contribution is 8.00. The summed E-state index contributed by atoms with van der Waals surface area (Å²) in [5, 5.41) is 3.19. The molecular weight excluding hydrogens is 322 g/mol. The summed E-state index contributed by atoms with van der Waals surface area (Å²) in [6, 6.07) is 9.81. The van der Waals surface area contributed by atoms with Crippen molar-refractivity contribution in [3.63, 3.8) is 0 Å². The molecule has 0 aliphatic rings. The Morgan fingerprint density at radius 2 is 2.00 bits per heavy atom. The topological polar surface area (TPSA) is 85.1 Å². The number of ketones is 1. The highest BCUT2D eigenvalue weighted by atomic mass is 35.5. The molecule has 0 radical (unpaired) electrons. The lowest BCUT2D eigenvalue weighted by Crippen LogP contribution is -2.20. The van der Waals surface area contributed by atoms with Crippen LogP contribution in [-0.4, -0.2) is 22.6 Å². The van der Waals surface area contributed by atoms with Crippen molar-refractivity contribution in [2.45, 2.75) is 11.9 Å². The molecule has 0 spiro atoms. The van der Waals surface area contributed by atoms with E-state index in [0.717, 1.165) is 5.56 Å². The number of primary amides is 1. The maximum absolute atomic E-state index is 12.3. The molecular formula is C15H14ClN3O2S. The average Bonchev–Trinajstić information content (AvgIpc) is 2.47. The third kappa shape index (κ3) is 4.22. The quantitative estimate of drug-likeness (QED) is 0.497. The molecule has 0 aliphatic carbocycles. The highest BCUT2D eigenvalue weighted by Crippen LogP contribution is 2.27. The minimum absolute atomic E-state index is 0.0186. The fourth-order valence-corrected chi connectivity index (χ4v) is 2.91. The first-order chi connectivity index (χ1) is 10.5. The molecule has 0 aliphatic heterocycles. The van der Waals surface area contributed by atoms with Crippen LogP contribution in [0, 0.1) is 6.92 Å². The minimum atomic E-state index is -0.698. The molecule has 2 amide bonds. The summed E-state index contributed by atoms with van der Waals surface area (Å²) in [5.41, 5.74) is 7.13. The number of rotatable bonds is 5. The van der Waals surface area contributed by atoms with E-state index in [1.165, 1.54) is 11.8 Å². The zero-order valence-corrected chi connectivity index (χ0v) is 13.4. The minimum Gasteiger partial charge on any atom is -0.351 e. The monoisotopic (exact) mass is 335 g/mol. The number of benzene rings is 1. The molecule has 2 aromatic rings. The standard InChI is InChI=1S/C15H14ClN3O2S/c1-9-4-2-3-5-10(9)12(20)8-22-14-11(18-15(17)21)6-7-13(16)19-14/h2-7H,8H2,1H3,(H3,17,18,21). The number of nitrogens with zero attached hydrogens (tertiary/aromatic N) is 1.